The minimum absolute atomic E-state index is 0. The van der Waals surface area contributed by atoms with E-state index in [0.29, 0.717) is 11.3 Å². The molecule has 0 atom stereocenters. The Bertz CT molecular complexity index is 846. The molecule has 2 heterocycles. The van der Waals surface area contributed by atoms with Gasteiger partial charge >= 0.3 is 5.97 Å². The first-order valence-electron chi connectivity index (χ1n) is 9.51. The maximum atomic E-state index is 12.6. The number of nitrogens with one attached hydrogen (secondary N) is 2. The van der Waals surface area contributed by atoms with Crippen LogP contribution in [0, 0.1) is 0 Å². The molecule has 7 nitrogen and oxygen atoms in total. The van der Waals surface area contributed by atoms with E-state index < -0.39 is 0 Å². The van der Waals surface area contributed by atoms with Crippen LogP contribution < -0.4 is 10.6 Å². The van der Waals surface area contributed by atoms with Crippen LogP contribution >= 0.6 is 12.4 Å². The number of nitrogens with zero attached hydrogens (tertiary/aromatic N) is 1. The number of ether oxygens (including phenoxy) is 1. The van der Waals surface area contributed by atoms with E-state index in [1.807, 2.05) is 0 Å². The van der Waals surface area contributed by atoms with Gasteiger partial charge in [-0.25, -0.2) is 4.79 Å². The van der Waals surface area contributed by atoms with Gasteiger partial charge in [0.25, 0.3) is 5.91 Å². The largest absolute Gasteiger partial charge is 0.459 e. The summed E-state index contributed by atoms with van der Waals surface area (Å²) in [7, 11) is 0. The second kappa shape index (κ2) is 9.21. The van der Waals surface area contributed by atoms with Crippen molar-refractivity contribution in [2.75, 3.05) is 18.4 Å². The van der Waals surface area contributed by atoms with Crippen LogP contribution in [-0.4, -0.2) is 36.2 Å². The van der Waals surface area contributed by atoms with E-state index in [-0.39, 0.29) is 36.1 Å². The van der Waals surface area contributed by atoms with Crippen LogP contribution in [0.25, 0.3) is 0 Å². The summed E-state index contributed by atoms with van der Waals surface area (Å²) in [6, 6.07) is 6.78. The van der Waals surface area contributed by atoms with Gasteiger partial charge in [-0.3, -0.25) is 4.79 Å². The molecule has 2 aromatic rings. The summed E-state index contributed by atoms with van der Waals surface area (Å²) in [6.07, 6.45) is 5.35. The molecule has 28 heavy (non-hydrogen) atoms. The van der Waals surface area contributed by atoms with Gasteiger partial charge in [0.1, 0.15) is 6.10 Å². The van der Waals surface area contributed by atoms with E-state index in [0.717, 1.165) is 62.9 Å². The number of rotatable bonds is 4. The summed E-state index contributed by atoms with van der Waals surface area (Å²) in [6.45, 7) is 1.71. The number of esters is 1. The van der Waals surface area contributed by atoms with Gasteiger partial charge in [0.2, 0.25) is 5.76 Å². The maximum Gasteiger partial charge on any atom is 0.338 e. The fraction of sp³-hybridized carbons (Fsp3) is 0.450. The van der Waals surface area contributed by atoms with Gasteiger partial charge in [-0.05, 0) is 69.8 Å². The molecule has 2 N–H and O–H groups in total. The van der Waals surface area contributed by atoms with Crippen molar-refractivity contribution in [3.05, 3.63) is 46.8 Å². The minimum atomic E-state index is -0.366. The van der Waals surface area contributed by atoms with Gasteiger partial charge in [0.05, 0.1) is 11.3 Å². The number of piperidine rings is 1. The molecule has 2 aliphatic rings. The number of aryl methyl sites for hydroxylation is 1. The molecule has 0 unspecified atom stereocenters. The van der Waals surface area contributed by atoms with Gasteiger partial charge < -0.3 is 19.9 Å². The summed E-state index contributed by atoms with van der Waals surface area (Å²) >= 11 is 0. The average Bonchev–Trinajstić information content (AvgIpc) is 3.13. The number of hydrogen-bond donors (Lipinski definition) is 2. The van der Waals surface area contributed by atoms with Crippen molar-refractivity contribution < 1.29 is 18.8 Å². The fourth-order valence-corrected chi connectivity index (χ4v) is 3.61. The van der Waals surface area contributed by atoms with Crippen molar-refractivity contribution in [1.82, 2.24) is 10.5 Å². The molecule has 1 saturated heterocycles. The predicted molar refractivity (Wildman–Crippen MR) is 106 cm³/mol. The van der Waals surface area contributed by atoms with Crippen molar-refractivity contribution in [1.29, 1.82) is 0 Å². The van der Waals surface area contributed by atoms with Crippen molar-refractivity contribution in [2.24, 2.45) is 0 Å². The first-order chi connectivity index (χ1) is 13.2. The second-order valence-corrected chi connectivity index (χ2v) is 7.03. The molecule has 0 saturated carbocycles. The topological polar surface area (TPSA) is 93.5 Å². The molecule has 1 aliphatic carbocycles. The minimum Gasteiger partial charge on any atom is -0.459 e. The Hall–Kier alpha value is -2.38. The van der Waals surface area contributed by atoms with Crippen molar-refractivity contribution >= 4 is 30.0 Å². The summed E-state index contributed by atoms with van der Waals surface area (Å²) < 4.78 is 10.8. The van der Waals surface area contributed by atoms with E-state index >= 15 is 0 Å². The normalized spacial score (nSPS) is 16.6. The lowest BCUT2D eigenvalue weighted by atomic mass is 9.96. The molecule has 8 heteroatoms. The highest BCUT2D eigenvalue weighted by atomic mass is 35.5. The smallest absolute Gasteiger partial charge is 0.338 e. The Kier molecular flexibility index (Phi) is 6.70. The highest BCUT2D eigenvalue weighted by molar-refractivity contribution is 6.04. The highest BCUT2D eigenvalue weighted by Crippen LogP contribution is 2.25. The van der Waals surface area contributed by atoms with Gasteiger partial charge in [-0.15, -0.1) is 12.4 Å². The molecule has 1 aliphatic heterocycles. The Morgan fingerprint density at radius 3 is 2.79 bits per heavy atom. The van der Waals surface area contributed by atoms with E-state index in [4.69, 9.17) is 9.26 Å². The molecule has 1 aromatic carbocycles. The number of halogens is 1. The van der Waals surface area contributed by atoms with Crippen molar-refractivity contribution in [3.8, 4) is 0 Å². The first-order valence-corrected chi connectivity index (χ1v) is 9.51. The third kappa shape index (κ3) is 4.54. The van der Waals surface area contributed by atoms with Crippen LogP contribution in [-0.2, 0) is 17.6 Å². The lowest BCUT2D eigenvalue weighted by molar-refractivity contribution is 0.0229. The molecule has 1 aromatic heterocycles. The summed E-state index contributed by atoms with van der Waals surface area (Å²) in [5, 5.41) is 10.1. The fourth-order valence-electron chi connectivity index (χ4n) is 3.61. The zero-order valence-corrected chi connectivity index (χ0v) is 16.3. The predicted octanol–water partition coefficient (Wildman–Crippen LogP) is 3.14. The lowest BCUT2D eigenvalue weighted by Gasteiger charge is -2.22. The number of aromatic nitrogens is 1. The molecule has 4 rings (SSSR count). The quantitative estimate of drug-likeness (QED) is 0.759. The highest BCUT2D eigenvalue weighted by Gasteiger charge is 2.24. The third-order valence-corrected chi connectivity index (χ3v) is 5.08. The number of fused-ring (bicyclic) bond motifs is 1. The molecule has 0 radical (unpaired) electrons. The number of anilines is 1. The molecule has 0 spiro atoms. The number of carbonyl (C=O) groups excluding carboxylic acids is 2. The zero-order chi connectivity index (χ0) is 18.6. The van der Waals surface area contributed by atoms with Crippen LogP contribution in [0.5, 0.6) is 0 Å². The Morgan fingerprint density at radius 1 is 1.18 bits per heavy atom. The molecule has 1 fully saturated rings. The monoisotopic (exact) mass is 405 g/mol. The van der Waals surface area contributed by atoms with Crippen LogP contribution in [0.15, 0.2) is 28.8 Å². The van der Waals surface area contributed by atoms with Gasteiger partial charge in [0.15, 0.2) is 0 Å². The number of benzene rings is 1. The summed E-state index contributed by atoms with van der Waals surface area (Å²) in [4.78, 5) is 25.0. The van der Waals surface area contributed by atoms with Gasteiger partial charge in [-0.1, -0.05) is 11.2 Å². The van der Waals surface area contributed by atoms with Crippen LogP contribution in [0.2, 0.25) is 0 Å². The zero-order valence-electron chi connectivity index (χ0n) is 15.5. The first kappa shape index (κ1) is 20.4. The number of carbonyl (C=O) groups is 2. The molecule has 1 amide bonds. The van der Waals surface area contributed by atoms with E-state index in [1.165, 1.54) is 0 Å². The molecule has 0 bridgehead atoms. The van der Waals surface area contributed by atoms with Crippen molar-refractivity contribution in [2.45, 2.75) is 44.6 Å². The Labute approximate surface area is 169 Å². The Balaban J connectivity index is 0.00000225. The standard InChI is InChI=1S/C20H23N3O4.ClH/c24-19(18-16-6-1-2-7-17(16)23-27-18)22-14-5-3-4-13(12-14)20(25)26-15-8-10-21-11-9-15;/h3-5,12,15,21H,1-2,6-11H2,(H,22,24);1H. The van der Waals surface area contributed by atoms with Crippen LogP contribution in [0.4, 0.5) is 5.69 Å². The molecular weight excluding hydrogens is 382 g/mol. The Morgan fingerprint density at radius 2 is 1.96 bits per heavy atom. The second-order valence-electron chi connectivity index (χ2n) is 7.03. The summed E-state index contributed by atoms with van der Waals surface area (Å²) in [5.41, 5.74) is 2.73. The maximum absolute atomic E-state index is 12.6. The number of hydrogen-bond acceptors (Lipinski definition) is 6. The number of amides is 1. The molecule has 150 valence electrons. The van der Waals surface area contributed by atoms with Crippen LogP contribution in [0.3, 0.4) is 0 Å². The van der Waals surface area contributed by atoms with E-state index in [9.17, 15) is 9.59 Å². The third-order valence-electron chi connectivity index (χ3n) is 5.08. The average molecular weight is 406 g/mol. The van der Waals surface area contributed by atoms with Crippen LogP contribution in [0.1, 0.15) is 57.9 Å². The van der Waals surface area contributed by atoms with E-state index in [1.54, 1.807) is 24.3 Å². The molecular formula is C20H24ClN3O4. The summed E-state index contributed by atoms with van der Waals surface area (Å²) in [5.74, 6) is -0.433. The van der Waals surface area contributed by atoms with E-state index in [2.05, 4.69) is 15.8 Å². The van der Waals surface area contributed by atoms with Gasteiger partial charge in [0, 0.05) is 11.3 Å². The SMILES string of the molecule is Cl.O=C(OC1CCNCC1)c1cccc(NC(=O)c2onc3c2CCCC3)c1. The lowest BCUT2D eigenvalue weighted by Crippen LogP contribution is -2.33. The van der Waals surface area contributed by atoms with Gasteiger partial charge in [-0.2, -0.15) is 0 Å². The van der Waals surface area contributed by atoms with Crippen molar-refractivity contribution in [3.63, 3.8) is 0 Å².